The predicted octanol–water partition coefficient (Wildman–Crippen LogP) is 5.06. The third-order valence-electron chi connectivity index (χ3n) is 3.20. The number of ketones is 1. The summed E-state index contributed by atoms with van der Waals surface area (Å²) < 4.78 is 20.6. The minimum absolute atomic E-state index is 0.000812. The number of hydrogen-bond donors (Lipinski definition) is 0. The van der Waals surface area contributed by atoms with Gasteiger partial charge in [-0.05, 0) is 51.8 Å². The van der Waals surface area contributed by atoms with Gasteiger partial charge in [0.2, 0.25) is 0 Å². The molecule has 1 aliphatic rings. The average Bonchev–Trinajstić information content (AvgIpc) is 2.42. The first-order valence-corrected chi connectivity index (χ1v) is 7.57. The van der Waals surface area contributed by atoms with E-state index in [2.05, 4.69) is 31.9 Å². The Balaban J connectivity index is 1.97. The summed E-state index contributed by atoms with van der Waals surface area (Å²) in [4.78, 5) is 12.2. The molecule has 0 radical (unpaired) electrons. The van der Waals surface area contributed by atoms with Gasteiger partial charge in [0.05, 0.1) is 16.5 Å². The number of benzene rings is 2. The van der Waals surface area contributed by atoms with Crippen LogP contribution in [0.1, 0.15) is 28.4 Å². The Morgan fingerprint density at radius 3 is 2.70 bits per heavy atom. The van der Waals surface area contributed by atoms with Crippen LogP contribution in [0.4, 0.5) is 4.39 Å². The fraction of sp³-hybridized carbons (Fsp3) is 0.133. The van der Waals surface area contributed by atoms with Crippen LogP contribution in [0.15, 0.2) is 45.3 Å². The van der Waals surface area contributed by atoms with Crippen molar-refractivity contribution < 1.29 is 13.9 Å². The number of rotatable bonds is 1. The molecule has 1 heterocycles. The maximum Gasteiger partial charge on any atom is 0.170 e. The Morgan fingerprint density at radius 1 is 1.15 bits per heavy atom. The van der Waals surface area contributed by atoms with Gasteiger partial charge in [-0.1, -0.05) is 22.0 Å². The van der Waals surface area contributed by atoms with Gasteiger partial charge in [0.1, 0.15) is 17.7 Å². The smallest absolute Gasteiger partial charge is 0.170 e. The summed E-state index contributed by atoms with van der Waals surface area (Å²) >= 11 is 6.44. The second kappa shape index (κ2) is 5.30. The fourth-order valence-electron chi connectivity index (χ4n) is 2.19. The van der Waals surface area contributed by atoms with Crippen LogP contribution in [-0.2, 0) is 0 Å². The zero-order valence-electron chi connectivity index (χ0n) is 10.2. The molecule has 5 heteroatoms. The van der Waals surface area contributed by atoms with Crippen molar-refractivity contribution in [1.29, 1.82) is 0 Å². The molecule has 0 saturated carbocycles. The molecule has 0 aromatic heterocycles. The summed E-state index contributed by atoms with van der Waals surface area (Å²) in [5.41, 5.74) is 1.22. The van der Waals surface area contributed by atoms with Gasteiger partial charge in [0.25, 0.3) is 0 Å². The Bertz CT molecular complexity index is 700. The van der Waals surface area contributed by atoms with Gasteiger partial charge in [-0.3, -0.25) is 4.79 Å². The van der Waals surface area contributed by atoms with Gasteiger partial charge >= 0.3 is 0 Å². The molecular weight excluding hydrogens is 391 g/mol. The first-order valence-electron chi connectivity index (χ1n) is 5.99. The van der Waals surface area contributed by atoms with Gasteiger partial charge in [-0.25, -0.2) is 4.39 Å². The Morgan fingerprint density at radius 2 is 1.95 bits per heavy atom. The summed E-state index contributed by atoms with van der Waals surface area (Å²) in [6.45, 7) is 0. The minimum atomic E-state index is -0.446. The first kappa shape index (κ1) is 13.8. The van der Waals surface area contributed by atoms with E-state index in [4.69, 9.17) is 4.74 Å². The molecule has 1 atom stereocenters. The van der Waals surface area contributed by atoms with E-state index in [1.54, 1.807) is 24.3 Å². The van der Waals surface area contributed by atoms with Crippen LogP contribution >= 0.6 is 31.9 Å². The summed E-state index contributed by atoms with van der Waals surface area (Å²) in [6, 6.07) is 10.1. The van der Waals surface area contributed by atoms with E-state index in [9.17, 15) is 9.18 Å². The highest BCUT2D eigenvalue weighted by molar-refractivity contribution is 9.10. The monoisotopic (exact) mass is 398 g/mol. The zero-order chi connectivity index (χ0) is 14.3. The molecule has 0 N–H and O–H groups in total. The third kappa shape index (κ3) is 2.52. The van der Waals surface area contributed by atoms with Crippen molar-refractivity contribution in [1.82, 2.24) is 0 Å². The summed E-state index contributed by atoms with van der Waals surface area (Å²) in [5.74, 6) is 0.179. The maximum absolute atomic E-state index is 13.6. The topological polar surface area (TPSA) is 26.3 Å². The SMILES string of the molecule is O=C1CC(c2ccc(Br)c(F)c2)Oc2ccc(Br)cc21. The van der Waals surface area contributed by atoms with Crippen molar-refractivity contribution in [2.24, 2.45) is 0 Å². The number of halogens is 3. The molecule has 1 unspecified atom stereocenters. The van der Waals surface area contributed by atoms with Crippen molar-refractivity contribution in [3.63, 3.8) is 0 Å². The van der Waals surface area contributed by atoms with Crippen molar-refractivity contribution in [3.8, 4) is 5.75 Å². The summed E-state index contributed by atoms with van der Waals surface area (Å²) in [5, 5.41) is 0. The molecule has 0 fully saturated rings. The van der Waals surface area contributed by atoms with Crippen molar-refractivity contribution in [2.75, 3.05) is 0 Å². The quantitative estimate of drug-likeness (QED) is 0.670. The molecule has 2 nitrogen and oxygen atoms in total. The standard InChI is InChI=1S/C15H9Br2FO2/c16-9-2-4-14-10(6-9)13(19)7-15(20-14)8-1-3-11(17)12(18)5-8/h1-6,15H,7H2. The zero-order valence-corrected chi connectivity index (χ0v) is 13.4. The number of Topliss-reactive ketones (excluding diaryl/α,β-unsaturated/α-hetero) is 1. The van der Waals surface area contributed by atoms with Crippen LogP contribution in [0, 0.1) is 5.82 Å². The third-order valence-corrected chi connectivity index (χ3v) is 4.33. The van der Waals surface area contributed by atoms with Crippen LogP contribution < -0.4 is 4.74 Å². The van der Waals surface area contributed by atoms with E-state index in [0.29, 0.717) is 21.3 Å². The molecule has 0 spiro atoms. The van der Waals surface area contributed by atoms with Gasteiger partial charge < -0.3 is 4.74 Å². The Kier molecular flexibility index (Phi) is 3.65. The van der Waals surface area contributed by atoms with E-state index in [0.717, 1.165) is 4.47 Å². The lowest BCUT2D eigenvalue weighted by Crippen LogP contribution is -2.20. The molecule has 102 valence electrons. The summed E-state index contributed by atoms with van der Waals surface area (Å²) in [7, 11) is 0. The van der Waals surface area contributed by atoms with Gasteiger partial charge in [0, 0.05) is 4.47 Å². The van der Waals surface area contributed by atoms with Crippen LogP contribution in [0.25, 0.3) is 0 Å². The molecule has 0 aliphatic carbocycles. The van der Waals surface area contributed by atoms with E-state index >= 15 is 0 Å². The molecule has 2 aromatic rings. The average molecular weight is 400 g/mol. The molecule has 0 amide bonds. The fourth-order valence-corrected chi connectivity index (χ4v) is 2.80. The predicted molar refractivity (Wildman–Crippen MR) is 80.6 cm³/mol. The van der Waals surface area contributed by atoms with Crippen molar-refractivity contribution in [2.45, 2.75) is 12.5 Å². The van der Waals surface area contributed by atoms with Crippen molar-refractivity contribution in [3.05, 3.63) is 62.3 Å². The van der Waals surface area contributed by atoms with E-state index in [1.807, 2.05) is 6.07 Å². The second-order valence-corrected chi connectivity index (χ2v) is 6.32. The van der Waals surface area contributed by atoms with E-state index in [1.165, 1.54) is 6.07 Å². The maximum atomic E-state index is 13.6. The van der Waals surface area contributed by atoms with Gasteiger partial charge in [0.15, 0.2) is 5.78 Å². The second-order valence-electron chi connectivity index (χ2n) is 4.55. The largest absolute Gasteiger partial charge is 0.484 e. The molecule has 20 heavy (non-hydrogen) atoms. The summed E-state index contributed by atoms with van der Waals surface area (Å²) in [6.07, 6.45) is -0.233. The first-order chi connectivity index (χ1) is 9.54. The number of ether oxygens (including phenoxy) is 1. The Labute approximate surface area is 132 Å². The lowest BCUT2D eigenvalue weighted by molar-refractivity contribution is 0.0849. The number of fused-ring (bicyclic) bond motifs is 1. The van der Waals surface area contributed by atoms with Gasteiger partial charge in [-0.15, -0.1) is 0 Å². The van der Waals surface area contributed by atoms with E-state index in [-0.39, 0.29) is 18.0 Å². The van der Waals surface area contributed by atoms with E-state index < -0.39 is 6.10 Å². The van der Waals surface area contributed by atoms with Gasteiger partial charge in [-0.2, -0.15) is 0 Å². The number of carbonyl (C=O) groups excluding carboxylic acids is 1. The lowest BCUT2D eigenvalue weighted by atomic mass is 9.96. The molecule has 3 rings (SSSR count). The number of hydrogen-bond acceptors (Lipinski definition) is 2. The molecule has 0 saturated heterocycles. The molecule has 2 aromatic carbocycles. The number of carbonyl (C=O) groups is 1. The van der Waals surface area contributed by atoms with Crippen LogP contribution in [-0.4, -0.2) is 5.78 Å². The normalized spacial score (nSPS) is 17.6. The van der Waals surface area contributed by atoms with Crippen LogP contribution in [0.3, 0.4) is 0 Å². The highest BCUT2D eigenvalue weighted by atomic mass is 79.9. The lowest BCUT2D eigenvalue weighted by Gasteiger charge is -2.25. The van der Waals surface area contributed by atoms with Crippen molar-refractivity contribution >= 4 is 37.6 Å². The minimum Gasteiger partial charge on any atom is -0.484 e. The Hall–Kier alpha value is -1.20. The van der Waals surface area contributed by atoms with Crippen LogP contribution in [0.2, 0.25) is 0 Å². The molecule has 1 aliphatic heterocycles. The highest BCUT2D eigenvalue weighted by Crippen LogP contribution is 2.36. The molecular formula is C15H9Br2FO2. The highest BCUT2D eigenvalue weighted by Gasteiger charge is 2.28. The molecule has 0 bridgehead atoms. The van der Waals surface area contributed by atoms with Crippen LogP contribution in [0.5, 0.6) is 5.75 Å².